The van der Waals surface area contributed by atoms with E-state index in [0.29, 0.717) is 19.3 Å². The second kappa shape index (κ2) is 14.7. The third kappa shape index (κ3) is 9.56. The van der Waals surface area contributed by atoms with Crippen molar-refractivity contribution in [3.05, 3.63) is 0 Å². The summed E-state index contributed by atoms with van der Waals surface area (Å²) in [5.74, 6) is -2.73. The Balaban J connectivity index is 3.15. The summed E-state index contributed by atoms with van der Waals surface area (Å²) in [6.45, 7) is 16.0. The van der Waals surface area contributed by atoms with Crippen LogP contribution in [0.3, 0.4) is 0 Å². The third-order valence-electron chi connectivity index (χ3n) is 7.66. The number of ketones is 1. The Hall–Kier alpha value is -2.53. The van der Waals surface area contributed by atoms with Crippen LogP contribution in [0.15, 0.2) is 0 Å². The number of hydrogen-bond donors (Lipinski definition) is 4. The van der Waals surface area contributed by atoms with Gasteiger partial charge in [0, 0.05) is 14.0 Å². The zero-order valence-corrected chi connectivity index (χ0v) is 25.3. The van der Waals surface area contributed by atoms with Gasteiger partial charge in [-0.2, -0.15) is 0 Å². The minimum Gasteiger partial charge on any atom is -0.391 e. The highest BCUT2D eigenvalue weighted by molar-refractivity contribution is 5.99. The quantitative estimate of drug-likeness (QED) is 0.209. The first kappa shape index (κ1) is 34.5. The Kier molecular flexibility index (Phi) is 13.0. The number of aliphatic hydroxyl groups is 1. The summed E-state index contributed by atoms with van der Waals surface area (Å²) in [7, 11) is 1.55. The van der Waals surface area contributed by atoms with Gasteiger partial charge in [0.2, 0.25) is 23.6 Å². The molecule has 0 aliphatic carbocycles. The molecule has 0 spiro atoms. The summed E-state index contributed by atoms with van der Waals surface area (Å²) < 4.78 is 5.27. The van der Waals surface area contributed by atoms with Crippen LogP contribution >= 0.6 is 0 Å². The van der Waals surface area contributed by atoms with Gasteiger partial charge in [-0.05, 0) is 38.0 Å². The van der Waals surface area contributed by atoms with Crippen LogP contribution in [0.4, 0.5) is 0 Å². The van der Waals surface area contributed by atoms with E-state index >= 15 is 0 Å². The Morgan fingerprint density at radius 3 is 1.77 bits per heavy atom. The van der Waals surface area contributed by atoms with Crippen LogP contribution in [0.25, 0.3) is 0 Å². The van der Waals surface area contributed by atoms with Crippen molar-refractivity contribution in [1.82, 2.24) is 20.9 Å². The fourth-order valence-electron chi connectivity index (χ4n) is 4.41. The molecule has 4 N–H and O–H groups in total. The van der Waals surface area contributed by atoms with E-state index in [-0.39, 0.29) is 36.1 Å². The second-order valence-corrected chi connectivity index (χ2v) is 11.6. The SMILES string of the molecule is CC[C@H](C)[C@H](NC(=O)[C@H]([C@@H](C)CC)N(C)C(C)=O)C(=O)NC(C(=O)NC(CC(C)C)C(=O)[C@@]1(C)CO1)[C@@H](C)O. The highest BCUT2D eigenvalue weighted by Gasteiger charge is 2.50. The van der Waals surface area contributed by atoms with E-state index in [9.17, 15) is 29.1 Å². The molecule has 1 fully saturated rings. The van der Waals surface area contributed by atoms with Crippen molar-refractivity contribution in [2.75, 3.05) is 13.7 Å². The molecule has 8 atom stereocenters. The van der Waals surface area contributed by atoms with Crippen molar-refractivity contribution >= 4 is 29.4 Å². The summed E-state index contributed by atoms with van der Waals surface area (Å²) in [6.07, 6.45) is 0.280. The minimum atomic E-state index is -1.36. The number of ether oxygens (including phenoxy) is 1. The molecule has 1 heterocycles. The predicted molar refractivity (Wildman–Crippen MR) is 147 cm³/mol. The van der Waals surface area contributed by atoms with Crippen LogP contribution in [0.5, 0.6) is 0 Å². The van der Waals surface area contributed by atoms with Crippen molar-refractivity contribution < 1.29 is 33.8 Å². The molecule has 4 amide bonds. The van der Waals surface area contributed by atoms with Gasteiger partial charge in [0.1, 0.15) is 23.7 Å². The van der Waals surface area contributed by atoms with Gasteiger partial charge in [-0.25, -0.2) is 0 Å². The lowest BCUT2D eigenvalue weighted by molar-refractivity contribution is -0.141. The van der Waals surface area contributed by atoms with Crippen LogP contribution in [0, 0.1) is 17.8 Å². The van der Waals surface area contributed by atoms with E-state index in [4.69, 9.17) is 4.74 Å². The summed E-state index contributed by atoms with van der Waals surface area (Å²) in [6, 6.07) is -4.00. The number of rotatable bonds is 16. The Bertz CT molecular complexity index is 887. The largest absolute Gasteiger partial charge is 0.391 e. The number of nitrogens with one attached hydrogen (secondary N) is 3. The van der Waals surface area contributed by atoms with Gasteiger partial charge >= 0.3 is 0 Å². The zero-order valence-electron chi connectivity index (χ0n) is 25.3. The average Bonchev–Trinajstić information content (AvgIpc) is 3.61. The molecule has 11 nitrogen and oxygen atoms in total. The molecule has 0 bridgehead atoms. The first-order valence-electron chi connectivity index (χ1n) is 14.0. The molecule has 1 rings (SSSR count). The number of aliphatic hydroxyl groups excluding tert-OH is 1. The first-order valence-corrected chi connectivity index (χ1v) is 14.0. The molecule has 0 aromatic heterocycles. The van der Waals surface area contributed by atoms with E-state index in [2.05, 4.69) is 16.0 Å². The average molecular weight is 555 g/mol. The number of hydrogen-bond acceptors (Lipinski definition) is 7. The fourth-order valence-corrected chi connectivity index (χ4v) is 4.41. The minimum absolute atomic E-state index is 0.0952. The topological polar surface area (TPSA) is 157 Å². The number of amides is 4. The molecule has 0 saturated carbocycles. The maximum Gasteiger partial charge on any atom is 0.245 e. The molecule has 0 aromatic rings. The van der Waals surface area contributed by atoms with Gasteiger partial charge in [-0.3, -0.25) is 24.0 Å². The molecule has 2 unspecified atom stereocenters. The number of nitrogens with zero attached hydrogens (tertiary/aromatic N) is 1. The summed E-state index contributed by atoms with van der Waals surface area (Å²) in [5.41, 5.74) is -0.943. The molecule has 1 aliphatic heterocycles. The Morgan fingerprint density at radius 1 is 0.872 bits per heavy atom. The maximum atomic E-state index is 13.4. The van der Waals surface area contributed by atoms with Crippen molar-refractivity contribution in [2.45, 2.75) is 117 Å². The predicted octanol–water partition coefficient (Wildman–Crippen LogP) is 1.16. The van der Waals surface area contributed by atoms with Crippen molar-refractivity contribution in [1.29, 1.82) is 0 Å². The van der Waals surface area contributed by atoms with Crippen LogP contribution in [0.1, 0.15) is 81.6 Å². The zero-order chi connectivity index (χ0) is 30.2. The molecule has 1 saturated heterocycles. The second-order valence-electron chi connectivity index (χ2n) is 11.6. The molecular formula is C28H50N4O7. The van der Waals surface area contributed by atoms with Gasteiger partial charge in [0.25, 0.3) is 0 Å². The van der Waals surface area contributed by atoms with E-state index in [1.54, 1.807) is 20.9 Å². The number of Topliss-reactive ketones (excluding diaryl/α,β-unsaturated/α-hetero) is 1. The van der Waals surface area contributed by atoms with E-state index in [1.165, 1.54) is 18.7 Å². The number of likely N-dealkylation sites (N-methyl/N-ethyl adjacent to an activating group) is 1. The molecule has 39 heavy (non-hydrogen) atoms. The van der Waals surface area contributed by atoms with Crippen LogP contribution in [-0.2, 0) is 28.7 Å². The maximum absolute atomic E-state index is 13.4. The highest BCUT2D eigenvalue weighted by Crippen LogP contribution is 2.29. The first-order chi connectivity index (χ1) is 18.0. The summed E-state index contributed by atoms with van der Waals surface area (Å²) in [4.78, 5) is 66.4. The Morgan fingerprint density at radius 2 is 1.36 bits per heavy atom. The molecule has 0 aromatic carbocycles. The van der Waals surface area contributed by atoms with Crippen molar-refractivity contribution in [3.63, 3.8) is 0 Å². The normalized spacial score (nSPS) is 21.9. The lowest BCUT2D eigenvalue weighted by atomic mass is 9.92. The van der Waals surface area contributed by atoms with E-state index in [1.807, 2.05) is 34.6 Å². The van der Waals surface area contributed by atoms with Gasteiger partial charge < -0.3 is 30.7 Å². The van der Waals surface area contributed by atoms with Crippen molar-refractivity contribution in [2.24, 2.45) is 17.8 Å². The van der Waals surface area contributed by atoms with Gasteiger partial charge in [-0.1, -0.05) is 54.4 Å². The van der Waals surface area contributed by atoms with Gasteiger partial charge in [0.15, 0.2) is 5.78 Å². The fraction of sp³-hybridized carbons (Fsp3) is 0.821. The summed E-state index contributed by atoms with van der Waals surface area (Å²) in [5, 5.41) is 18.5. The van der Waals surface area contributed by atoms with Crippen LogP contribution < -0.4 is 16.0 Å². The lowest BCUT2D eigenvalue weighted by Crippen LogP contribution is -2.62. The van der Waals surface area contributed by atoms with Gasteiger partial charge in [-0.15, -0.1) is 0 Å². The van der Waals surface area contributed by atoms with E-state index in [0.717, 1.165) is 0 Å². The summed E-state index contributed by atoms with van der Waals surface area (Å²) >= 11 is 0. The number of carbonyl (C=O) groups excluding carboxylic acids is 5. The van der Waals surface area contributed by atoms with E-state index < -0.39 is 53.6 Å². The molecule has 224 valence electrons. The van der Waals surface area contributed by atoms with Crippen molar-refractivity contribution in [3.8, 4) is 0 Å². The number of epoxide rings is 1. The Labute approximate surface area is 233 Å². The van der Waals surface area contributed by atoms with Gasteiger partial charge in [0.05, 0.1) is 18.8 Å². The third-order valence-corrected chi connectivity index (χ3v) is 7.66. The molecular weight excluding hydrogens is 504 g/mol. The lowest BCUT2D eigenvalue weighted by Gasteiger charge is -2.34. The molecule has 0 radical (unpaired) electrons. The van der Waals surface area contributed by atoms with Crippen LogP contribution in [0.2, 0.25) is 0 Å². The smallest absolute Gasteiger partial charge is 0.245 e. The number of carbonyl (C=O) groups is 5. The molecule has 1 aliphatic rings. The standard InChI is InChI=1S/C28H50N4O7/c1-11-16(5)21(30-27(38)23(17(6)12-2)32(10)19(8)34)25(36)31-22(18(7)33)26(37)29-20(13-15(3)4)24(35)28(9)14-39-28/h15-18,20-23,33H,11-14H2,1-10H3,(H,29,37)(H,30,38)(H,31,36)/t16-,17-,18+,20?,21-,22?,23-,28+/m0/s1. The molecule has 11 heteroatoms. The highest BCUT2D eigenvalue weighted by atomic mass is 16.6. The van der Waals surface area contributed by atoms with Crippen LogP contribution in [-0.4, -0.2) is 88.9 Å². The monoisotopic (exact) mass is 554 g/mol.